The van der Waals surface area contributed by atoms with Crippen LogP contribution in [0.2, 0.25) is 0 Å². The molecule has 78 valence electrons. The third-order valence-corrected chi connectivity index (χ3v) is 3.80. The molecule has 0 spiro atoms. The highest BCUT2D eigenvalue weighted by molar-refractivity contribution is 7.15. The topological polar surface area (TPSA) is 46.3 Å². The molecule has 0 amide bonds. The lowest BCUT2D eigenvalue weighted by Gasteiger charge is -2.14. The second-order valence-corrected chi connectivity index (χ2v) is 4.80. The number of aromatic nitrogens is 1. The first-order valence-electron chi connectivity index (χ1n) is 5.06. The quantitative estimate of drug-likeness (QED) is 0.805. The molecule has 4 heteroatoms. The number of rotatable bonds is 1. The van der Waals surface area contributed by atoms with Gasteiger partial charge in [-0.3, -0.25) is 0 Å². The lowest BCUT2D eigenvalue weighted by Crippen LogP contribution is -2.07. The molecule has 0 radical (unpaired) electrons. The standard InChI is InChI=1S/C11H11NO2S/c13-7-3-1-5-9-10(7)12-11(15-9)8-4-2-6-14-8/h2,4,6-7,13H,1,3,5H2. The van der Waals surface area contributed by atoms with E-state index in [0.717, 1.165) is 35.7 Å². The predicted octanol–water partition coefficient (Wildman–Crippen LogP) is 2.77. The van der Waals surface area contributed by atoms with Gasteiger partial charge in [0.1, 0.15) is 0 Å². The largest absolute Gasteiger partial charge is 0.462 e. The Morgan fingerprint density at radius 3 is 3.20 bits per heavy atom. The van der Waals surface area contributed by atoms with E-state index in [1.807, 2.05) is 12.1 Å². The Balaban J connectivity index is 2.06. The van der Waals surface area contributed by atoms with E-state index in [2.05, 4.69) is 4.98 Å². The highest BCUT2D eigenvalue weighted by Crippen LogP contribution is 2.36. The minimum Gasteiger partial charge on any atom is -0.462 e. The third-order valence-electron chi connectivity index (χ3n) is 2.66. The number of aryl methyl sites for hydroxylation is 1. The van der Waals surface area contributed by atoms with E-state index in [9.17, 15) is 5.11 Å². The molecule has 3 rings (SSSR count). The zero-order valence-electron chi connectivity index (χ0n) is 8.14. The van der Waals surface area contributed by atoms with E-state index in [1.165, 1.54) is 4.88 Å². The summed E-state index contributed by atoms with van der Waals surface area (Å²) < 4.78 is 5.30. The Hall–Kier alpha value is -1.13. The molecule has 1 aliphatic rings. The molecule has 0 aliphatic heterocycles. The predicted molar refractivity (Wildman–Crippen MR) is 57.7 cm³/mol. The molecule has 1 atom stereocenters. The van der Waals surface area contributed by atoms with Gasteiger partial charge in [-0.15, -0.1) is 11.3 Å². The molecule has 2 heterocycles. The maximum absolute atomic E-state index is 9.79. The fraction of sp³-hybridized carbons (Fsp3) is 0.364. The van der Waals surface area contributed by atoms with Crippen LogP contribution in [0.4, 0.5) is 0 Å². The van der Waals surface area contributed by atoms with Crippen LogP contribution in [0.25, 0.3) is 10.8 Å². The first-order chi connectivity index (χ1) is 7.34. The summed E-state index contributed by atoms with van der Waals surface area (Å²) in [7, 11) is 0. The van der Waals surface area contributed by atoms with E-state index in [4.69, 9.17) is 4.42 Å². The number of aliphatic hydroxyl groups excluding tert-OH is 1. The first kappa shape index (κ1) is 9.12. The Morgan fingerprint density at radius 2 is 2.47 bits per heavy atom. The summed E-state index contributed by atoms with van der Waals surface area (Å²) >= 11 is 1.63. The summed E-state index contributed by atoms with van der Waals surface area (Å²) in [4.78, 5) is 5.66. The van der Waals surface area contributed by atoms with Gasteiger partial charge in [-0.1, -0.05) is 0 Å². The summed E-state index contributed by atoms with van der Waals surface area (Å²) in [6, 6.07) is 3.75. The molecule has 2 aromatic rings. The Bertz CT molecular complexity index is 461. The number of hydrogen-bond donors (Lipinski definition) is 1. The van der Waals surface area contributed by atoms with Crippen LogP contribution in [-0.4, -0.2) is 10.1 Å². The summed E-state index contributed by atoms with van der Waals surface area (Å²) in [6.07, 6.45) is 4.17. The molecular formula is C11H11NO2S. The summed E-state index contributed by atoms with van der Waals surface area (Å²) in [5.41, 5.74) is 0.859. The number of aliphatic hydroxyl groups is 1. The van der Waals surface area contributed by atoms with Crippen LogP contribution in [0.5, 0.6) is 0 Å². The van der Waals surface area contributed by atoms with Crippen molar-refractivity contribution in [1.29, 1.82) is 0 Å². The normalized spacial score (nSPS) is 20.2. The highest BCUT2D eigenvalue weighted by Gasteiger charge is 2.23. The van der Waals surface area contributed by atoms with Gasteiger partial charge in [0.15, 0.2) is 10.8 Å². The molecule has 0 bridgehead atoms. The SMILES string of the molecule is OC1CCCc2sc(-c3ccco3)nc21. The summed E-state index contributed by atoms with van der Waals surface area (Å²) in [6.45, 7) is 0. The van der Waals surface area contributed by atoms with E-state index < -0.39 is 0 Å². The van der Waals surface area contributed by atoms with Gasteiger partial charge in [0.2, 0.25) is 0 Å². The lowest BCUT2D eigenvalue weighted by atomic mass is 10.0. The fourth-order valence-corrected chi connectivity index (χ4v) is 3.03. The van der Waals surface area contributed by atoms with Crippen molar-refractivity contribution in [2.75, 3.05) is 0 Å². The molecular weight excluding hydrogens is 210 g/mol. The molecule has 3 nitrogen and oxygen atoms in total. The van der Waals surface area contributed by atoms with Gasteiger partial charge in [0.25, 0.3) is 0 Å². The van der Waals surface area contributed by atoms with Crippen molar-refractivity contribution in [1.82, 2.24) is 4.98 Å². The highest BCUT2D eigenvalue weighted by atomic mass is 32.1. The average molecular weight is 221 g/mol. The second-order valence-electron chi connectivity index (χ2n) is 3.71. The van der Waals surface area contributed by atoms with Crippen LogP contribution in [0.3, 0.4) is 0 Å². The lowest BCUT2D eigenvalue weighted by molar-refractivity contribution is 0.153. The number of fused-ring (bicyclic) bond motifs is 1. The third kappa shape index (κ3) is 1.50. The molecule has 0 saturated heterocycles. The van der Waals surface area contributed by atoms with Gasteiger partial charge >= 0.3 is 0 Å². The van der Waals surface area contributed by atoms with Crippen molar-refractivity contribution < 1.29 is 9.52 Å². The maximum Gasteiger partial charge on any atom is 0.162 e. The molecule has 0 saturated carbocycles. The van der Waals surface area contributed by atoms with Crippen molar-refractivity contribution in [3.8, 4) is 10.8 Å². The van der Waals surface area contributed by atoms with Crippen LogP contribution in [0.15, 0.2) is 22.8 Å². The number of thiazole rings is 1. The van der Waals surface area contributed by atoms with E-state index in [1.54, 1.807) is 17.6 Å². The van der Waals surface area contributed by atoms with Crippen molar-refractivity contribution in [3.63, 3.8) is 0 Å². The Morgan fingerprint density at radius 1 is 1.53 bits per heavy atom. The van der Waals surface area contributed by atoms with Crippen LogP contribution < -0.4 is 0 Å². The molecule has 0 fully saturated rings. The van der Waals surface area contributed by atoms with Crippen LogP contribution in [0, 0.1) is 0 Å². The van der Waals surface area contributed by atoms with Crippen molar-refractivity contribution in [2.24, 2.45) is 0 Å². The van der Waals surface area contributed by atoms with E-state index in [0.29, 0.717) is 0 Å². The Labute approximate surface area is 91.4 Å². The summed E-state index contributed by atoms with van der Waals surface area (Å²) in [5, 5.41) is 10.7. The van der Waals surface area contributed by atoms with Gasteiger partial charge in [-0.05, 0) is 31.4 Å². The molecule has 1 unspecified atom stereocenters. The van der Waals surface area contributed by atoms with E-state index >= 15 is 0 Å². The number of furan rings is 1. The van der Waals surface area contributed by atoms with Crippen molar-refractivity contribution in [3.05, 3.63) is 29.0 Å². The summed E-state index contributed by atoms with van der Waals surface area (Å²) in [5.74, 6) is 0.793. The van der Waals surface area contributed by atoms with Crippen LogP contribution in [0.1, 0.15) is 29.5 Å². The van der Waals surface area contributed by atoms with Gasteiger partial charge < -0.3 is 9.52 Å². The van der Waals surface area contributed by atoms with E-state index in [-0.39, 0.29) is 6.10 Å². The first-order valence-corrected chi connectivity index (χ1v) is 5.88. The van der Waals surface area contributed by atoms with Crippen molar-refractivity contribution in [2.45, 2.75) is 25.4 Å². The molecule has 1 aliphatic carbocycles. The zero-order valence-corrected chi connectivity index (χ0v) is 8.96. The minimum absolute atomic E-state index is 0.381. The van der Waals surface area contributed by atoms with Gasteiger partial charge in [0, 0.05) is 4.88 Å². The molecule has 15 heavy (non-hydrogen) atoms. The van der Waals surface area contributed by atoms with Crippen LogP contribution in [-0.2, 0) is 6.42 Å². The molecule has 2 aromatic heterocycles. The fourth-order valence-electron chi connectivity index (χ4n) is 1.90. The van der Waals surface area contributed by atoms with Gasteiger partial charge in [0.05, 0.1) is 18.1 Å². The second kappa shape index (κ2) is 3.47. The maximum atomic E-state index is 9.79. The average Bonchev–Trinajstić information content (AvgIpc) is 2.86. The molecule has 1 N–H and O–H groups in total. The zero-order chi connectivity index (χ0) is 10.3. The number of hydrogen-bond acceptors (Lipinski definition) is 4. The smallest absolute Gasteiger partial charge is 0.162 e. The van der Waals surface area contributed by atoms with Gasteiger partial charge in [-0.2, -0.15) is 0 Å². The molecule has 0 aromatic carbocycles. The van der Waals surface area contributed by atoms with Crippen LogP contribution >= 0.6 is 11.3 Å². The number of nitrogens with zero attached hydrogens (tertiary/aromatic N) is 1. The Kier molecular flexibility index (Phi) is 2.11. The van der Waals surface area contributed by atoms with Crippen molar-refractivity contribution >= 4 is 11.3 Å². The monoisotopic (exact) mass is 221 g/mol. The van der Waals surface area contributed by atoms with Gasteiger partial charge in [-0.25, -0.2) is 4.98 Å². The minimum atomic E-state index is -0.381.